The van der Waals surface area contributed by atoms with Gasteiger partial charge in [-0.2, -0.15) is 0 Å². The third kappa shape index (κ3) is 6.27. The molecule has 0 aliphatic heterocycles. The predicted molar refractivity (Wildman–Crippen MR) is 83.8 cm³/mol. The van der Waals surface area contributed by atoms with Crippen molar-refractivity contribution >= 4 is 17.6 Å². The molecule has 1 rings (SSSR count). The minimum Gasteiger partial charge on any atom is -0.350 e. The monoisotopic (exact) mass is 292 g/mol. The molecule has 1 unspecified atom stereocenters. The van der Waals surface area contributed by atoms with E-state index in [2.05, 4.69) is 16.0 Å². The SMILES string of the molecule is CC(NC(=O)Nc1ccc(CN)cc1)C(=O)NC(C)(C)C. The van der Waals surface area contributed by atoms with Crippen LogP contribution in [0.1, 0.15) is 33.3 Å². The van der Waals surface area contributed by atoms with E-state index in [1.54, 1.807) is 19.1 Å². The summed E-state index contributed by atoms with van der Waals surface area (Å²) in [5.74, 6) is -0.226. The van der Waals surface area contributed by atoms with Crippen molar-refractivity contribution in [3.63, 3.8) is 0 Å². The molecular formula is C15H24N4O2. The number of carbonyl (C=O) groups is 2. The highest BCUT2D eigenvalue weighted by molar-refractivity contribution is 5.93. The molecule has 0 radical (unpaired) electrons. The highest BCUT2D eigenvalue weighted by Crippen LogP contribution is 2.08. The number of carbonyl (C=O) groups excluding carboxylic acids is 2. The Balaban J connectivity index is 2.50. The van der Waals surface area contributed by atoms with Crippen LogP contribution in [0.15, 0.2) is 24.3 Å². The van der Waals surface area contributed by atoms with Gasteiger partial charge in [-0.15, -0.1) is 0 Å². The van der Waals surface area contributed by atoms with Crippen molar-refractivity contribution in [3.05, 3.63) is 29.8 Å². The van der Waals surface area contributed by atoms with Gasteiger partial charge in [-0.25, -0.2) is 4.79 Å². The summed E-state index contributed by atoms with van der Waals surface area (Å²) in [6.45, 7) is 7.75. The highest BCUT2D eigenvalue weighted by Gasteiger charge is 2.20. The van der Waals surface area contributed by atoms with Crippen molar-refractivity contribution in [2.75, 3.05) is 5.32 Å². The van der Waals surface area contributed by atoms with Crippen molar-refractivity contribution in [1.29, 1.82) is 0 Å². The van der Waals surface area contributed by atoms with E-state index in [-0.39, 0.29) is 11.4 Å². The first-order chi connectivity index (χ1) is 9.71. The van der Waals surface area contributed by atoms with Crippen LogP contribution in [-0.2, 0) is 11.3 Å². The fourth-order valence-electron chi connectivity index (χ4n) is 1.63. The molecule has 0 bridgehead atoms. The van der Waals surface area contributed by atoms with Gasteiger partial charge in [-0.1, -0.05) is 12.1 Å². The molecule has 0 saturated heterocycles. The Morgan fingerprint density at radius 3 is 2.24 bits per heavy atom. The van der Waals surface area contributed by atoms with Gasteiger partial charge < -0.3 is 21.7 Å². The van der Waals surface area contributed by atoms with Crippen LogP contribution < -0.4 is 21.7 Å². The van der Waals surface area contributed by atoms with E-state index < -0.39 is 12.1 Å². The molecular weight excluding hydrogens is 268 g/mol. The molecule has 0 fully saturated rings. The summed E-state index contributed by atoms with van der Waals surface area (Å²) in [7, 11) is 0. The lowest BCUT2D eigenvalue weighted by Gasteiger charge is -2.23. The largest absolute Gasteiger partial charge is 0.350 e. The maximum absolute atomic E-state index is 11.9. The van der Waals surface area contributed by atoms with Crippen LogP contribution in [0.2, 0.25) is 0 Å². The number of amides is 3. The summed E-state index contributed by atoms with van der Waals surface area (Å²) in [6.07, 6.45) is 0. The minimum atomic E-state index is -0.618. The molecule has 0 saturated carbocycles. The van der Waals surface area contributed by atoms with Crippen molar-refractivity contribution in [2.45, 2.75) is 45.8 Å². The minimum absolute atomic E-state index is 0.226. The number of hydrogen-bond acceptors (Lipinski definition) is 3. The number of anilines is 1. The Kier molecular flexibility index (Phi) is 5.72. The third-order valence-corrected chi connectivity index (χ3v) is 2.69. The molecule has 1 aromatic rings. The summed E-state index contributed by atoms with van der Waals surface area (Å²) in [4.78, 5) is 23.7. The highest BCUT2D eigenvalue weighted by atomic mass is 16.2. The zero-order valence-electron chi connectivity index (χ0n) is 13.0. The van der Waals surface area contributed by atoms with Crippen molar-refractivity contribution < 1.29 is 9.59 Å². The molecule has 6 nitrogen and oxygen atoms in total. The lowest BCUT2D eigenvalue weighted by atomic mass is 10.1. The van der Waals surface area contributed by atoms with Crippen LogP contribution in [0.5, 0.6) is 0 Å². The molecule has 6 heteroatoms. The predicted octanol–water partition coefficient (Wildman–Crippen LogP) is 1.57. The van der Waals surface area contributed by atoms with Crippen LogP contribution >= 0.6 is 0 Å². The van der Waals surface area contributed by atoms with Gasteiger partial charge in [0.2, 0.25) is 5.91 Å². The number of nitrogens with one attached hydrogen (secondary N) is 3. The van der Waals surface area contributed by atoms with E-state index in [1.807, 2.05) is 32.9 Å². The number of rotatable bonds is 4. The summed E-state index contributed by atoms with van der Waals surface area (Å²) in [6, 6.07) is 6.17. The molecule has 5 N–H and O–H groups in total. The van der Waals surface area contributed by atoms with E-state index in [1.165, 1.54) is 0 Å². The third-order valence-electron chi connectivity index (χ3n) is 2.69. The Labute approximate surface area is 125 Å². The first-order valence-corrected chi connectivity index (χ1v) is 6.90. The quantitative estimate of drug-likeness (QED) is 0.678. The van der Waals surface area contributed by atoms with Crippen LogP contribution in [0, 0.1) is 0 Å². The van der Waals surface area contributed by atoms with E-state index >= 15 is 0 Å². The molecule has 3 amide bonds. The second kappa shape index (κ2) is 7.08. The fourth-order valence-corrected chi connectivity index (χ4v) is 1.63. The Morgan fingerprint density at radius 2 is 1.76 bits per heavy atom. The topological polar surface area (TPSA) is 96.2 Å². The average Bonchev–Trinajstić information content (AvgIpc) is 2.37. The van der Waals surface area contributed by atoms with Crippen LogP contribution in [0.3, 0.4) is 0 Å². The second-order valence-corrected chi connectivity index (χ2v) is 5.96. The maximum Gasteiger partial charge on any atom is 0.319 e. The average molecular weight is 292 g/mol. The van der Waals surface area contributed by atoms with E-state index in [4.69, 9.17) is 5.73 Å². The Hall–Kier alpha value is -2.08. The first kappa shape index (κ1) is 17.0. The molecule has 116 valence electrons. The van der Waals surface area contributed by atoms with Gasteiger partial charge in [0.25, 0.3) is 0 Å². The van der Waals surface area contributed by atoms with Gasteiger partial charge in [-0.05, 0) is 45.4 Å². The lowest BCUT2D eigenvalue weighted by Crippen LogP contribution is -2.51. The summed E-state index contributed by atoms with van der Waals surface area (Å²) in [5.41, 5.74) is 6.81. The lowest BCUT2D eigenvalue weighted by molar-refractivity contribution is -0.123. The normalized spacial score (nSPS) is 12.4. The Bertz CT molecular complexity index is 491. The summed E-state index contributed by atoms with van der Waals surface area (Å²) >= 11 is 0. The smallest absolute Gasteiger partial charge is 0.319 e. The summed E-state index contributed by atoms with van der Waals surface area (Å²) < 4.78 is 0. The van der Waals surface area contributed by atoms with E-state index in [0.29, 0.717) is 12.2 Å². The standard InChI is InChI=1S/C15H24N4O2/c1-10(13(20)19-15(2,3)4)17-14(21)18-12-7-5-11(9-16)6-8-12/h5-8,10H,9,16H2,1-4H3,(H,19,20)(H2,17,18,21). The molecule has 0 heterocycles. The Morgan fingerprint density at radius 1 is 1.19 bits per heavy atom. The van der Waals surface area contributed by atoms with E-state index in [9.17, 15) is 9.59 Å². The van der Waals surface area contributed by atoms with Gasteiger partial charge in [0.05, 0.1) is 0 Å². The fraction of sp³-hybridized carbons (Fsp3) is 0.467. The molecule has 1 aromatic carbocycles. The van der Waals surface area contributed by atoms with Crippen LogP contribution in [0.25, 0.3) is 0 Å². The van der Waals surface area contributed by atoms with E-state index in [0.717, 1.165) is 5.56 Å². The molecule has 1 atom stereocenters. The molecule has 21 heavy (non-hydrogen) atoms. The molecule has 0 aromatic heterocycles. The van der Waals surface area contributed by atoms with Crippen LogP contribution in [0.4, 0.5) is 10.5 Å². The summed E-state index contributed by atoms with van der Waals surface area (Å²) in [5, 5.41) is 8.07. The molecule has 0 spiro atoms. The van der Waals surface area contributed by atoms with Crippen molar-refractivity contribution in [3.8, 4) is 0 Å². The van der Waals surface area contributed by atoms with Crippen molar-refractivity contribution in [2.24, 2.45) is 5.73 Å². The van der Waals surface area contributed by atoms with Gasteiger partial charge in [0, 0.05) is 17.8 Å². The molecule has 0 aliphatic carbocycles. The van der Waals surface area contributed by atoms with Crippen LogP contribution in [-0.4, -0.2) is 23.5 Å². The maximum atomic E-state index is 11.9. The molecule has 0 aliphatic rings. The van der Waals surface area contributed by atoms with Gasteiger partial charge in [0.1, 0.15) is 6.04 Å². The van der Waals surface area contributed by atoms with Crippen molar-refractivity contribution in [1.82, 2.24) is 10.6 Å². The first-order valence-electron chi connectivity index (χ1n) is 6.90. The van der Waals surface area contributed by atoms with Gasteiger partial charge in [0.15, 0.2) is 0 Å². The van der Waals surface area contributed by atoms with Gasteiger partial charge in [-0.3, -0.25) is 4.79 Å². The number of benzene rings is 1. The second-order valence-electron chi connectivity index (χ2n) is 5.96. The number of hydrogen-bond donors (Lipinski definition) is 4. The number of nitrogens with two attached hydrogens (primary N) is 1. The zero-order chi connectivity index (χ0) is 16.0. The number of urea groups is 1. The van der Waals surface area contributed by atoms with Gasteiger partial charge >= 0.3 is 6.03 Å². The zero-order valence-corrected chi connectivity index (χ0v) is 13.0.